The third-order valence-electron chi connectivity index (χ3n) is 3.43. The van der Waals surface area contributed by atoms with E-state index in [1.807, 2.05) is 12.3 Å². The second kappa shape index (κ2) is 5.81. The Morgan fingerprint density at radius 1 is 1.60 bits per heavy atom. The zero-order valence-corrected chi connectivity index (χ0v) is 12.7. The Kier molecular flexibility index (Phi) is 4.07. The molecule has 1 saturated carbocycles. The summed E-state index contributed by atoms with van der Waals surface area (Å²) in [5.74, 6) is 0.878. The summed E-state index contributed by atoms with van der Waals surface area (Å²) < 4.78 is 10.9. The van der Waals surface area contributed by atoms with E-state index >= 15 is 0 Å². The van der Waals surface area contributed by atoms with Crippen LogP contribution in [0, 0.1) is 6.92 Å². The van der Waals surface area contributed by atoms with Crippen molar-refractivity contribution in [3.8, 4) is 10.8 Å². The lowest BCUT2D eigenvalue weighted by atomic mass is 9.96. The van der Waals surface area contributed by atoms with Crippen molar-refractivity contribution < 1.29 is 9.26 Å². The minimum absolute atomic E-state index is 0.349. The van der Waals surface area contributed by atoms with Gasteiger partial charge in [-0.15, -0.1) is 11.3 Å². The van der Waals surface area contributed by atoms with Crippen molar-refractivity contribution in [3.05, 3.63) is 21.8 Å². The lowest BCUT2D eigenvalue weighted by molar-refractivity contribution is -0.00549. The molecular weight excluding hydrogens is 298 g/mol. The van der Waals surface area contributed by atoms with E-state index in [1.54, 1.807) is 0 Å². The number of aryl methyl sites for hydroxylation is 1. The van der Waals surface area contributed by atoms with Crippen LogP contribution in [0.5, 0.6) is 0 Å². The first-order chi connectivity index (χ1) is 9.65. The van der Waals surface area contributed by atoms with Crippen molar-refractivity contribution in [1.82, 2.24) is 10.1 Å². The van der Waals surface area contributed by atoms with Crippen LogP contribution >= 0.6 is 22.9 Å². The van der Waals surface area contributed by atoms with E-state index in [0.717, 1.165) is 23.3 Å². The molecule has 0 bridgehead atoms. The zero-order valence-electron chi connectivity index (χ0n) is 11.1. The van der Waals surface area contributed by atoms with Gasteiger partial charge in [0.25, 0.3) is 5.89 Å². The predicted molar refractivity (Wildman–Crippen MR) is 77.9 cm³/mol. The molecule has 0 aliphatic heterocycles. The maximum absolute atomic E-state index is 6.19. The summed E-state index contributed by atoms with van der Waals surface area (Å²) in [5, 5.41) is 6.54. The number of aromatic nitrogens is 2. The molecule has 0 aromatic carbocycles. The van der Waals surface area contributed by atoms with Gasteiger partial charge in [0.1, 0.15) is 4.88 Å². The van der Waals surface area contributed by atoms with E-state index in [4.69, 9.17) is 26.6 Å². The number of hydrogen-bond acceptors (Lipinski definition) is 6. The molecule has 1 atom stereocenters. The van der Waals surface area contributed by atoms with Crippen LogP contribution in [0.3, 0.4) is 0 Å². The van der Waals surface area contributed by atoms with Crippen LogP contribution in [0.2, 0.25) is 5.02 Å². The maximum atomic E-state index is 6.19. The smallest absolute Gasteiger partial charge is 0.269 e. The van der Waals surface area contributed by atoms with Crippen molar-refractivity contribution >= 4 is 22.9 Å². The fourth-order valence-electron chi connectivity index (χ4n) is 1.90. The molecule has 0 amide bonds. The second-order valence-electron chi connectivity index (χ2n) is 5.01. The molecule has 0 saturated heterocycles. The van der Waals surface area contributed by atoms with Gasteiger partial charge in [-0.25, -0.2) is 0 Å². The van der Waals surface area contributed by atoms with Crippen LogP contribution < -0.4 is 5.73 Å². The summed E-state index contributed by atoms with van der Waals surface area (Å²) in [7, 11) is 0. The van der Waals surface area contributed by atoms with Gasteiger partial charge in [0.2, 0.25) is 0 Å². The average molecular weight is 314 g/mol. The highest BCUT2D eigenvalue weighted by atomic mass is 35.5. The standard InChI is InChI=1S/C13H16ClN3O2S/c1-7-6-20-11(10(7)14)13-16-12(17-19-13)9(15)5-18-8-3-2-4-8/h6,8-9H,2-5,15H2,1H3. The van der Waals surface area contributed by atoms with Crippen molar-refractivity contribution in [2.24, 2.45) is 5.73 Å². The summed E-state index contributed by atoms with van der Waals surface area (Å²) in [6, 6.07) is -0.368. The number of thiophene rings is 1. The molecule has 2 aromatic rings. The molecule has 108 valence electrons. The van der Waals surface area contributed by atoms with Crippen LogP contribution in [-0.2, 0) is 4.74 Å². The van der Waals surface area contributed by atoms with E-state index in [9.17, 15) is 0 Å². The van der Waals surface area contributed by atoms with E-state index in [2.05, 4.69) is 10.1 Å². The van der Waals surface area contributed by atoms with E-state index in [1.165, 1.54) is 17.8 Å². The van der Waals surface area contributed by atoms with Gasteiger partial charge in [0, 0.05) is 0 Å². The molecule has 0 spiro atoms. The first-order valence-electron chi connectivity index (χ1n) is 6.60. The lowest BCUT2D eigenvalue weighted by Gasteiger charge is -2.26. The highest BCUT2D eigenvalue weighted by Gasteiger charge is 2.22. The second-order valence-corrected chi connectivity index (χ2v) is 6.27. The van der Waals surface area contributed by atoms with Gasteiger partial charge in [-0.05, 0) is 37.1 Å². The van der Waals surface area contributed by atoms with Crippen molar-refractivity contribution in [2.75, 3.05) is 6.61 Å². The van der Waals surface area contributed by atoms with Crippen LogP contribution in [0.25, 0.3) is 10.8 Å². The molecule has 5 nitrogen and oxygen atoms in total. The summed E-state index contributed by atoms with van der Waals surface area (Å²) in [5.41, 5.74) is 7.02. The summed E-state index contributed by atoms with van der Waals surface area (Å²) >= 11 is 7.67. The molecule has 1 aliphatic rings. The van der Waals surface area contributed by atoms with Crippen LogP contribution in [0.15, 0.2) is 9.90 Å². The molecule has 2 aromatic heterocycles. The van der Waals surface area contributed by atoms with Gasteiger partial charge < -0.3 is 15.0 Å². The minimum Gasteiger partial charge on any atom is -0.376 e. The normalized spacial score (nSPS) is 17.1. The number of halogens is 1. The van der Waals surface area contributed by atoms with E-state index in [-0.39, 0.29) is 6.04 Å². The zero-order chi connectivity index (χ0) is 14.1. The van der Waals surface area contributed by atoms with Gasteiger partial charge in [-0.2, -0.15) is 4.98 Å². The molecule has 1 fully saturated rings. The highest BCUT2D eigenvalue weighted by Crippen LogP contribution is 2.35. The highest BCUT2D eigenvalue weighted by molar-refractivity contribution is 7.14. The van der Waals surface area contributed by atoms with E-state index < -0.39 is 0 Å². The number of hydrogen-bond donors (Lipinski definition) is 1. The largest absolute Gasteiger partial charge is 0.376 e. The van der Waals surface area contributed by atoms with Crippen molar-refractivity contribution in [1.29, 1.82) is 0 Å². The fourth-order valence-corrected chi connectivity index (χ4v) is 3.10. The number of rotatable bonds is 5. The Hall–Kier alpha value is -0.950. The van der Waals surface area contributed by atoms with Gasteiger partial charge in [0.05, 0.1) is 23.8 Å². The summed E-state index contributed by atoms with van der Waals surface area (Å²) in [4.78, 5) is 5.11. The van der Waals surface area contributed by atoms with E-state index in [0.29, 0.717) is 29.4 Å². The molecule has 3 rings (SSSR count). The number of nitrogens with two attached hydrogens (primary N) is 1. The quantitative estimate of drug-likeness (QED) is 0.916. The predicted octanol–water partition coefficient (Wildman–Crippen LogP) is 3.33. The van der Waals surface area contributed by atoms with Gasteiger partial charge in [-0.3, -0.25) is 0 Å². The Balaban J connectivity index is 1.67. The molecule has 20 heavy (non-hydrogen) atoms. The molecular formula is C13H16ClN3O2S. The topological polar surface area (TPSA) is 74.2 Å². The molecule has 0 radical (unpaired) electrons. The Morgan fingerprint density at radius 3 is 3.00 bits per heavy atom. The molecule has 7 heteroatoms. The number of nitrogens with zero attached hydrogens (tertiary/aromatic N) is 2. The number of ether oxygens (including phenoxy) is 1. The summed E-state index contributed by atoms with van der Waals surface area (Å²) in [6.07, 6.45) is 3.83. The fraction of sp³-hybridized carbons (Fsp3) is 0.538. The van der Waals surface area contributed by atoms with Crippen LogP contribution in [0.1, 0.15) is 36.7 Å². The SMILES string of the molecule is Cc1csc(-c2nc(C(N)COC3CCC3)no2)c1Cl. The minimum atomic E-state index is -0.368. The Morgan fingerprint density at radius 2 is 2.40 bits per heavy atom. The molecule has 2 N–H and O–H groups in total. The monoisotopic (exact) mass is 313 g/mol. The van der Waals surface area contributed by atoms with Gasteiger partial charge >= 0.3 is 0 Å². The third-order valence-corrected chi connectivity index (χ3v) is 5.12. The van der Waals surface area contributed by atoms with Crippen molar-refractivity contribution in [2.45, 2.75) is 38.3 Å². The Labute approximate surface area is 126 Å². The van der Waals surface area contributed by atoms with Gasteiger partial charge in [0.15, 0.2) is 5.82 Å². The molecule has 2 heterocycles. The maximum Gasteiger partial charge on any atom is 0.269 e. The van der Waals surface area contributed by atoms with Crippen molar-refractivity contribution in [3.63, 3.8) is 0 Å². The molecule has 1 aliphatic carbocycles. The van der Waals surface area contributed by atoms with Crippen LogP contribution in [0.4, 0.5) is 0 Å². The van der Waals surface area contributed by atoms with Crippen LogP contribution in [-0.4, -0.2) is 22.9 Å². The first-order valence-corrected chi connectivity index (χ1v) is 7.85. The third kappa shape index (κ3) is 2.74. The Bertz CT molecular complexity index is 594. The lowest BCUT2D eigenvalue weighted by Crippen LogP contribution is -2.27. The summed E-state index contributed by atoms with van der Waals surface area (Å²) in [6.45, 7) is 2.36. The van der Waals surface area contributed by atoms with Gasteiger partial charge in [-0.1, -0.05) is 16.8 Å². The first kappa shape index (κ1) is 14.0. The molecule has 1 unspecified atom stereocenters. The average Bonchev–Trinajstić information content (AvgIpc) is 2.96.